The second-order valence-electron chi connectivity index (χ2n) is 7.56. The first-order valence-electron chi connectivity index (χ1n) is 9.62. The number of carbonyl (C=O) groups is 3. The lowest BCUT2D eigenvalue weighted by Gasteiger charge is -2.31. The maximum atomic E-state index is 12.6. The fraction of sp³-hybridized carbons (Fsp3) is 0.550. The summed E-state index contributed by atoms with van der Waals surface area (Å²) < 4.78 is 0. The standard InChI is InChI=1S/C20H25N3O3/c24-18-5-2-10-23(18)17-4-1-3-16(13-17)21-19(25)14-8-11-22(12-9-14)20(26)15-6-7-15/h1,3-4,13-15H,2,5-12H2,(H,21,25). The molecular weight excluding hydrogens is 330 g/mol. The van der Waals surface area contributed by atoms with Crippen molar-refractivity contribution in [2.75, 3.05) is 29.9 Å². The molecule has 6 heteroatoms. The van der Waals surface area contributed by atoms with E-state index in [1.165, 1.54) is 0 Å². The Labute approximate surface area is 153 Å². The SMILES string of the molecule is O=C(Nc1cccc(N2CCCC2=O)c1)C1CCN(C(=O)C2CC2)CC1. The number of likely N-dealkylation sites (tertiary alicyclic amines) is 1. The summed E-state index contributed by atoms with van der Waals surface area (Å²) in [6.07, 6.45) is 4.95. The first-order chi connectivity index (χ1) is 12.6. The van der Waals surface area contributed by atoms with Gasteiger partial charge in [0.2, 0.25) is 17.7 Å². The van der Waals surface area contributed by atoms with E-state index in [1.54, 1.807) is 4.90 Å². The molecule has 2 saturated heterocycles. The van der Waals surface area contributed by atoms with Gasteiger partial charge in [-0.05, 0) is 50.3 Å². The van der Waals surface area contributed by atoms with E-state index in [2.05, 4.69) is 5.32 Å². The second kappa shape index (κ2) is 7.09. The molecule has 138 valence electrons. The highest BCUT2D eigenvalue weighted by atomic mass is 16.2. The Morgan fingerprint density at radius 3 is 2.42 bits per heavy atom. The maximum Gasteiger partial charge on any atom is 0.227 e. The number of carbonyl (C=O) groups excluding carboxylic acids is 3. The highest BCUT2D eigenvalue weighted by Gasteiger charge is 2.36. The molecule has 2 heterocycles. The van der Waals surface area contributed by atoms with Gasteiger partial charge in [-0.25, -0.2) is 0 Å². The van der Waals surface area contributed by atoms with E-state index in [-0.39, 0.29) is 29.6 Å². The Balaban J connectivity index is 1.33. The van der Waals surface area contributed by atoms with E-state index >= 15 is 0 Å². The molecule has 0 unspecified atom stereocenters. The summed E-state index contributed by atoms with van der Waals surface area (Å²) in [5.41, 5.74) is 1.57. The minimum atomic E-state index is -0.0599. The highest BCUT2D eigenvalue weighted by Crippen LogP contribution is 2.32. The molecular formula is C20H25N3O3. The molecule has 0 aromatic heterocycles. The van der Waals surface area contributed by atoms with Crippen LogP contribution in [0.2, 0.25) is 0 Å². The summed E-state index contributed by atoms with van der Waals surface area (Å²) in [6, 6.07) is 7.49. The first kappa shape index (κ1) is 17.1. The van der Waals surface area contributed by atoms with Gasteiger partial charge in [-0.15, -0.1) is 0 Å². The van der Waals surface area contributed by atoms with Crippen molar-refractivity contribution >= 4 is 29.1 Å². The molecule has 0 radical (unpaired) electrons. The van der Waals surface area contributed by atoms with Gasteiger partial charge in [-0.1, -0.05) is 6.07 Å². The Kier molecular flexibility index (Phi) is 4.66. The van der Waals surface area contributed by atoms with Crippen LogP contribution in [0.15, 0.2) is 24.3 Å². The van der Waals surface area contributed by atoms with E-state index in [9.17, 15) is 14.4 Å². The highest BCUT2D eigenvalue weighted by molar-refractivity contribution is 5.97. The monoisotopic (exact) mass is 355 g/mol. The van der Waals surface area contributed by atoms with Gasteiger partial charge in [0.05, 0.1) is 0 Å². The fourth-order valence-electron chi connectivity index (χ4n) is 3.87. The van der Waals surface area contributed by atoms with Crippen molar-refractivity contribution in [2.24, 2.45) is 11.8 Å². The molecule has 0 atom stereocenters. The van der Waals surface area contributed by atoms with Crippen LogP contribution in [0.5, 0.6) is 0 Å². The smallest absolute Gasteiger partial charge is 0.227 e. The zero-order valence-electron chi connectivity index (χ0n) is 14.9. The van der Waals surface area contributed by atoms with Gasteiger partial charge in [0.15, 0.2) is 0 Å². The largest absolute Gasteiger partial charge is 0.342 e. The van der Waals surface area contributed by atoms with Crippen molar-refractivity contribution in [3.05, 3.63) is 24.3 Å². The molecule has 3 amide bonds. The molecule has 3 fully saturated rings. The van der Waals surface area contributed by atoms with Gasteiger partial charge < -0.3 is 15.1 Å². The number of piperidine rings is 1. The Morgan fingerprint density at radius 1 is 1.00 bits per heavy atom. The van der Waals surface area contributed by atoms with E-state index in [0.717, 1.165) is 37.2 Å². The van der Waals surface area contributed by atoms with Crippen LogP contribution in [-0.4, -0.2) is 42.3 Å². The van der Waals surface area contributed by atoms with E-state index in [1.807, 2.05) is 29.2 Å². The first-order valence-corrected chi connectivity index (χ1v) is 9.62. The van der Waals surface area contributed by atoms with Gasteiger partial charge in [-0.2, -0.15) is 0 Å². The topological polar surface area (TPSA) is 69.7 Å². The van der Waals surface area contributed by atoms with E-state index < -0.39 is 0 Å². The van der Waals surface area contributed by atoms with Gasteiger partial charge >= 0.3 is 0 Å². The van der Waals surface area contributed by atoms with Crippen LogP contribution in [0.25, 0.3) is 0 Å². The van der Waals surface area contributed by atoms with Crippen LogP contribution < -0.4 is 10.2 Å². The molecule has 26 heavy (non-hydrogen) atoms. The minimum Gasteiger partial charge on any atom is -0.342 e. The number of anilines is 2. The molecule has 1 aromatic rings. The number of benzene rings is 1. The van der Waals surface area contributed by atoms with Gasteiger partial charge in [0, 0.05) is 49.3 Å². The number of nitrogens with zero attached hydrogens (tertiary/aromatic N) is 2. The van der Waals surface area contributed by atoms with E-state index in [0.29, 0.717) is 32.4 Å². The number of amides is 3. The normalized spacial score (nSPS) is 21.2. The number of hydrogen-bond acceptors (Lipinski definition) is 3. The quantitative estimate of drug-likeness (QED) is 0.902. The van der Waals surface area contributed by atoms with Crippen molar-refractivity contribution in [1.82, 2.24) is 4.90 Å². The van der Waals surface area contributed by atoms with Crippen molar-refractivity contribution in [3.63, 3.8) is 0 Å². The summed E-state index contributed by atoms with van der Waals surface area (Å²) in [4.78, 5) is 40.3. The Morgan fingerprint density at radius 2 is 1.77 bits per heavy atom. The molecule has 1 saturated carbocycles. The predicted octanol–water partition coefficient (Wildman–Crippen LogP) is 2.40. The zero-order chi connectivity index (χ0) is 18.1. The summed E-state index contributed by atoms with van der Waals surface area (Å²) in [6.45, 7) is 2.09. The molecule has 6 nitrogen and oxygen atoms in total. The van der Waals surface area contributed by atoms with Crippen molar-refractivity contribution < 1.29 is 14.4 Å². The lowest BCUT2D eigenvalue weighted by atomic mass is 9.95. The summed E-state index contributed by atoms with van der Waals surface area (Å²) in [5, 5.41) is 2.99. The van der Waals surface area contributed by atoms with Gasteiger partial charge in [0.1, 0.15) is 0 Å². The lowest BCUT2D eigenvalue weighted by Crippen LogP contribution is -2.42. The molecule has 0 spiro atoms. The Bertz CT molecular complexity index is 721. The number of nitrogens with one attached hydrogen (secondary N) is 1. The molecule has 0 bridgehead atoms. The summed E-state index contributed by atoms with van der Waals surface area (Å²) >= 11 is 0. The van der Waals surface area contributed by atoms with Crippen LogP contribution in [0.4, 0.5) is 11.4 Å². The number of rotatable bonds is 4. The van der Waals surface area contributed by atoms with Crippen LogP contribution in [0, 0.1) is 11.8 Å². The minimum absolute atomic E-state index is 0.00780. The van der Waals surface area contributed by atoms with Gasteiger partial charge in [0.25, 0.3) is 0 Å². The average Bonchev–Trinajstić information content (AvgIpc) is 3.42. The molecule has 4 rings (SSSR count). The molecule has 1 aromatic carbocycles. The number of hydrogen-bond donors (Lipinski definition) is 1. The van der Waals surface area contributed by atoms with Crippen molar-refractivity contribution in [3.8, 4) is 0 Å². The summed E-state index contributed by atoms with van der Waals surface area (Å²) in [5.74, 6) is 0.605. The van der Waals surface area contributed by atoms with Crippen molar-refractivity contribution in [1.29, 1.82) is 0 Å². The fourth-order valence-corrected chi connectivity index (χ4v) is 3.87. The van der Waals surface area contributed by atoms with Crippen LogP contribution >= 0.6 is 0 Å². The van der Waals surface area contributed by atoms with Crippen LogP contribution in [0.3, 0.4) is 0 Å². The van der Waals surface area contributed by atoms with E-state index in [4.69, 9.17) is 0 Å². The second-order valence-corrected chi connectivity index (χ2v) is 7.56. The third-order valence-corrected chi connectivity index (χ3v) is 5.60. The van der Waals surface area contributed by atoms with Crippen LogP contribution in [-0.2, 0) is 14.4 Å². The molecule has 3 aliphatic rings. The Hall–Kier alpha value is -2.37. The average molecular weight is 355 g/mol. The maximum absolute atomic E-state index is 12.6. The molecule has 2 aliphatic heterocycles. The summed E-state index contributed by atoms with van der Waals surface area (Å²) in [7, 11) is 0. The third-order valence-electron chi connectivity index (χ3n) is 5.60. The lowest BCUT2D eigenvalue weighted by molar-refractivity contribution is -0.135. The van der Waals surface area contributed by atoms with Crippen LogP contribution in [0.1, 0.15) is 38.5 Å². The van der Waals surface area contributed by atoms with Crippen molar-refractivity contribution in [2.45, 2.75) is 38.5 Å². The molecule has 1 aliphatic carbocycles. The zero-order valence-corrected chi connectivity index (χ0v) is 14.9. The third kappa shape index (κ3) is 3.59. The van der Waals surface area contributed by atoms with Gasteiger partial charge in [-0.3, -0.25) is 14.4 Å². The predicted molar refractivity (Wildman–Crippen MR) is 98.7 cm³/mol. The molecule has 1 N–H and O–H groups in total.